The maximum Gasteiger partial charge on any atom is 0.331 e. The van der Waals surface area contributed by atoms with E-state index in [1.165, 1.54) is 0 Å². The Morgan fingerprint density at radius 1 is 1.12 bits per heavy atom. The van der Waals surface area contributed by atoms with Crippen molar-refractivity contribution in [2.24, 2.45) is 0 Å². The average Bonchev–Trinajstić information content (AvgIpc) is 2.28. The third-order valence-electron chi connectivity index (χ3n) is 2.00. The number of hydrogen-bond acceptors (Lipinski definition) is 5. The molecule has 0 amide bonds. The second-order valence-corrected chi connectivity index (χ2v) is 5.68. The highest BCUT2D eigenvalue weighted by atomic mass is 31.2. The maximum absolute atomic E-state index is 12.0. The Morgan fingerprint density at radius 2 is 1.71 bits per heavy atom. The van der Waals surface area contributed by atoms with Gasteiger partial charge in [-0.3, -0.25) is 9.36 Å². The van der Waals surface area contributed by atoms with Crippen LogP contribution >= 0.6 is 7.60 Å². The molecule has 0 aliphatic carbocycles. The Hall–Kier alpha value is -0.380. The maximum atomic E-state index is 12.0. The van der Waals surface area contributed by atoms with E-state index >= 15 is 0 Å². The number of ether oxygens (including phenoxy) is 1. The fourth-order valence-electron chi connectivity index (χ4n) is 1.19. The second-order valence-electron chi connectivity index (χ2n) is 3.49. The van der Waals surface area contributed by atoms with Gasteiger partial charge >= 0.3 is 13.6 Å². The molecule has 0 N–H and O–H groups in total. The summed E-state index contributed by atoms with van der Waals surface area (Å²) in [5, 5.41) is 0. The van der Waals surface area contributed by atoms with Gasteiger partial charge in [0, 0.05) is 0 Å². The molecule has 0 bridgehead atoms. The largest absolute Gasteiger partial charge is 0.466 e. The summed E-state index contributed by atoms with van der Waals surface area (Å²) in [5.74, 6) is -0.349. The zero-order chi connectivity index (χ0) is 13.1. The third-order valence-corrected chi connectivity index (χ3v) is 4.08. The number of unbranched alkanes of at least 4 members (excludes halogenated alkanes) is 1. The van der Waals surface area contributed by atoms with Crippen LogP contribution in [-0.2, 0) is 23.1 Å². The first kappa shape index (κ1) is 16.6. The van der Waals surface area contributed by atoms with Gasteiger partial charge in [-0.05, 0) is 20.3 Å². The molecule has 0 atom stereocenters. The zero-order valence-corrected chi connectivity index (χ0v) is 11.8. The normalized spacial score (nSPS) is 11.5. The minimum Gasteiger partial charge on any atom is -0.466 e. The highest BCUT2D eigenvalue weighted by Gasteiger charge is 2.24. The summed E-state index contributed by atoms with van der Waals surface area (Å²) in [4.78, 5) is 11.3. The number of hydrogen-bond donors (Lipinski definition) is 0. The number of esters is 1. The van der Waals surface area contributed by atoms with Gasteiger partial charge in [0.05, 0.1) is 32.4 Å². The minimum atomic E-state index is -3.11. The van der Waals surface area contributed by atoms with Gasteiger partial charge in [-0.2, -0.15) is 0 Å². The molecule has 0 aromatic carbocycles. The van der Waals surface area contributed by atoms with Crippen molar-refractivity contribution in [3.05, 3.63) is 0 Å². The lowest BCUT2D eigenvalue weighted by molar-refractivity contribution is -0.143. The van der Waals surface area contributed by atoms with Gasteiger partial charge < -0.3 is 13.8 Å². The van der Waals surface area contributed by atoms with Crippen LogP contribution in [0.15, 0.2) is 0 Å². The lowest BCUT2D eigenvalue weighted by atomic mass is 10.4. The molecule has 0 unspecified atom stereocenters. The van der Waals surface area contributed by atoms with Crippen molar-refractivity contribution in [3.63, 3.8) is 0 Å². The molecule has 0 rings (SSSR count). The van der Waals surface area contributed by atoms with Crippen LogP contribution < -0.4 is 0 Å². The Balaban J connectivity index is 3.95. The van der Waals surface area contributed by atoms with Crippen molar-refractivity contribution < 1.29 is 23.1 Å². The summed E-state index contributed by atoms with van der Waals surface area (Å²) in [6, 6.07) is 0. The topological polar surface area (TPSA) is 61.8 Å². The Morgan fingerprint density at radius 3 is 2.18 bits per heavy atom. The van der Waals surface area contributed by atoms with Crippen molar-refractivity contribution in [1.82, 2.24) is 0 Å². The Labute approximate surface area is 103 Å². The van der Waals surface area contributed by atoms with E-state index in [0.717, 1.165) is 12.8 Å². The van der Waals surface area contributed by atoms with Crippen LogP contribution in [0.5, 0.6) is 0 Å². The molecule has 6 heteroatoms. The van der Waals surface area contributed by atoms with Gasteiger partial charge in [0.1, 0.15) is 0 Å². The van der Waals surface area contributed by atoms with Crippen molar-refractivity contribution in [2.75, 3.05) is 26.0 Å². The molecule has 0 aliphatic heterocycles. The molecule has 17 heavy (non-hydrogen) atoms. The standard InChI is InChI=1S/C11H23O5P/c1-4-7-9-14-11(12)8-10-17(13,15-5-2)16-6-3/h4-10H2,1-3H3. The van der Waals surface area contributed by atoms with Crippen LogP contribution in [0.1, 0.15) is 40.0 Å². The average molecular weight is 266 g/mol. The molecule has 0 aromatic heterocycles. The van der Waals surface area contributed by atoms with Gasteiger partial charge in [0.2, 0.25) is 0 Å². The molecule has 5 nitrogen and oxygen atoms in total. The highest BCUT2D eigenvalue weighted by Crippen LogP contribution is 2.48. The van der Waals surface area contributed by atoms with Crippen LogP contribution in [0.4, 0.5) is 0 Å². The first-order valence-electron chi connectivity index (χ1n) is 6.11. The predicted octanol–water partition coefficient (Wildman–Crippen LogP) is 2.99. The Kier molecular flexibility index (Phi) is 9.41. The molecule has 0 saturated heterocycles. The molecule has 0 radical (unpaired) electrons. The predicted molar refractivity (Wildman–Crippen MR) is 66.2 cm³/mol. The van der Waals surface area contributed by atoms with E-state index in [4.69, 9.17) is 13.8 Å². The van der Waals surface area contributed by atoms with Crippen molar-refractivity contribution in [2.45, 2.75) is 40.0 Å². The Bertz CT molecular complexity index is 244. The number of rotatable bonds is 10. The number of carbonyl (C=O) groups excluding carboxylic acids is 1. The molecular weight excluding hydrogens is 243 g/mol. The van der Waals surface area contributed by atoms with Gasteiger partial charge in [-0.1, -0.05) is 13.3 Å². The molecule has 0 saturated carbocycles. The van der Waals surface area contributed by atoms with E-state index in [1.807, 2.05) is 6.92 Å². The molecule has 102 valence electrons. The molecule has 0 fully saturated rings. The van der Waals surface area contributed by atoms with Crippen LogP contribution in [0, 0.1) is 0 Å². The highest BCUT2D eigenvalue weighted by molar-refractivity contribution is 7.53. The summed E-state index contributed by atoms with van der Waals surface area (Å²) in [7, 11) is -3.11. The summed E-state index contributed by atoms with van der Waals surface area (Å²) >= 11 is 0. The lowest BCUT2D eigenvalue weighted by Gasteiger charge is -2.16. The third kappa shape index (κ3) is 8.36. The molecule has 0 aliphatic rings. The van der Waals surface area contributed by atoms with Gasteiger partial charge in [-0.25, -0.2) is 0 Å². The molecular formula is C11H23O5P. The number of carbonyl (C=O) groups is 1. The van der Waals surface area contributed by atoms with Crippen LogP contribution in [0.25, 0.3) is 0 Å². The summed E-state index contributed by atoms with van der Waals surface area (Å²) < 4.78 is 27.1. The van der Waals surface area contributed by atoms with E-state index in [0.29, 0.717) is 19.8 Å². The van der Waals surface area contributed by atoms with Gasteiger partial charge in [-0.15, -0.1) is 0 Å². The summed E-state index contributed by atoms with van der Waals surface area (Å²) in [5.41, 5.74) is 0. The quantitative estimate of drug-likeness (QED) is 0.345. The van der Waals surface area contributed by atoms with Crippen molar-refractivity contribution >= 4 is 13.6 Å². The van der Waals surface area contributed by atoms with E-state index in [2.05, 4.69) is 0 Å². The van der Waals surface area contributed by atoms with Crippen molar-refractivity contribution in [1.29, 1.82) is 0 Å². The first-order valence-corrected chi connectivity index (χ1v) is 7.84. The molecule has 0 heterocycles. The van der Waals surface area contributed by atoms with E-state index in [9.17, 15) is 9.36 Å². The van der Waals surface area contributed by atoms with E-state index < -0.39 is 7.60 Å². The fraction of sp³-hybridized carbons (Fsp3) is 0.909. The van der Waals surface area contributed by atoms with Crippen molar-refractivity contribution in [3.8, 4) is 0 Å². The van der Waals surface area contributed by atoms with Crippen LogP contribution in [0.3, 0.4) is 0 Å². The minimum absolute atomic E-state index is 0.0704. The van der Waals surface area contributed by atoms with Crippen LogP contribution in [-0.4, -0.2) is 32.0 Å². The monoisotopic (exact) mass is 266 g/mol. The summed E-state index contributed by atoms with van der Waals surface area (Å²) in [6.45, 7) is 6.54. The summed E-state index contributed by atoms with van der Waals surface area (Å²) in [6.07, 6.45) is 1.98. The molecule has 0 aromatic rings. The zero-order valence-electron chi connectivity index (χ0n) is 10.9. The van der Waals surface area contributed by atoms with Crippen LogP contribution in [0.2, 0.25) is 0 Å². The van der Waals surface area contributed by atoms with E-state index in [-0.39, 0.29) is 18.6 Å². The first-order chi connectivity index (χ1) is 8.08. The van der Waals surface area contributed by atoms with Gasteiger partial charge in [0.25, 0.3) is 0 Å². The van der Waals surface area contributed by atoms with E-state index in [1.54, 1.807) is 13.8 Å². The van der Waals surface area contributed by atoms with Gasteiger partial charge in [0.15, 0.2) is 0 Å². The lowest BCUT2D eigenvalue weighted by Crippen LogP contribution is -2.10. The molecule has 0 spiro atoms. The smallest absolute Gasteiger partial charge is 0.331 e. The SMILES string of the molecule is CCCCOC(=O)CCP(=O)(OCC)OCC. The second kappa shape index (κ2) is 9.63. The fourth-order valence-corrected chi connectivity index (χ4v) is 2.77.